The number of nitrogens with zero attached hydrogens (tertiary/aromatic N) is 3. The zero-order valence-electron chi connectivity index (χ0n) is 16.5. The molecule has 6 nitrogen and oxygen atoms in total. The average Bonchev–Trinajstić information content (AvgIpc) is 3.43. The van der Waals surface area contributed by atoms with Gasteiger partial charge in [-0.1, -0.05) is 37.5 Å². The van der Waals surface area contributed by atoms with Gasteiger partial charge in [0.05, 0.1) is 22.7 Å². The van der Waals surface area contributed by atoms with Crippen LogP contribution in [0.3, 0.4) is 0 Å². The van der Waals surface area contributed by atoms with Crippen molar-refractivity contribution in [2.75, 3.05) is 12.4 Å². The molecule has 3 aromatic rings. The summed E-state index contributed by atoms with van der Waals surface area (Å²) in [4.78, 5) is 12.4. The van der Waals surface area contributed by atoms with Gasteiger partial charge in [0.25, 0.3) is 5.69 Å². The van der Waals surface area contributed by atoms with Crippen molar-refractivity contribution in [1.29, 1.82) is 0 Å². The number of hydrogen-bond donors (Lipinski definition) is 0. The van der Waals surface area contributed by atoms with Crippen molar-refractivity contribution in [2.24, 2.45) is 0 Å². The Hall–Kier alpha value is -2.03. The maximum Gasteiger partial charge on any atom is 0.272 e. The minimum absolute atomic E-state index is 0.115. The number of para-hydroxylation sites is 1. The van der Waals surface area contributed by atoms with Gasteiger partial charge in [-0.2, -0.15) is 5.10 Å². The topological polar surface area (TPSA) is 70.2 Å². The van der Waals surface area contributed by atoms with Gasteiger partial charge in [-0.25, -0.2) is 4.68 Å². The van der Waals surface area contributed by atoms with E-state index in [-0.39, 0.29) is 16.0 Å². The van der Waals surface area contributed by atoms with Crippen molar-refractivity contribution in [3.63, 3.8) is 0 Å². The molecule has 1 aromatic heterocycles. The highest BCUT2D eigenvalue weighted by molar-refractivity contribution is 8.00. The first-order valence-electron chi connectivity index (χ1n) is 10.4. The maximum absolute atomic E-state index is 11.7. The lowest BCUT2D eigenvalue weighted by molar-refractivity contribution is -0.384. The molecule has 2 heterocycles. The van der Waals surface area contributed by atoms with Crippen molar-refractivity contribution >= 4 is 40.1 Å². The lowest BCUT2D eigenvalue weighted by atomic mass is 10.0. The highest BCUT2D eigenvalue weighted by Gasteiger charge is 2.29. The van der Waals surface area contributed by atoms with Gasteiger partial charge in [0, 0.05) is 33.4 Å². The van der Waals surface area contributed by atoms with Gasteiger partial charge < -0.3 is 4.74 Å². The van der Waals surface area contributed by atoms with Crippen LogP contribution in [-0.4, -0.2) is 32.3 Å². The standard InChI is InChI=1S/C22H23N3O3S2/c26-25(27)16-13-18-20(19(14-16)30-17-9-5-2-6-10-17)21(22-28-11-12-29-22)23-24(18)15-7-3-1-4-8-15/h1,3-4,7-8,13-14,17,22H,2,5-6,9-12H2/t22-/m1/s1. The first-order valence-corrected chi connectivity index (χ1v) is 12.3. The molecule has 2 fully saturated rings. The Morgan fingerprint density at radius 3 is 2.67 bits per heavy atom. The number of ether oxygens (including phenoxy) is 1. The van der Waals surface area contributed by atoms with E-state index in [0.717, 1.165) is 45.8 Å². The largest absolute Gasteiger partial charge is 0.360 e. The predicted octanol–water partition coefficient (Wildman–Crippen LogP) is 6.12. The molecule has 0 spiro atoms. The van der Waals surface area contributed by atoms with Crippen LogP contribution >= 0.6 is 23.5 Å². The summed E-state index contributed by atoms with van der Waals surface area (Å²) < 4.78 is 7.80. The molecule has 1 atom stereocenters. The van der Waals surface area contributed by atoms with Crippen LogP contribution in [0.15, 0.2) is 47.4 Å². The molecule has 156 valence electrons. The van der Waals surface area contributed by atoms with E-state index in [1.165, 1.54) is 19.3 Å². The van der Waals surface area contributed by atoms with E-state index in [2.05, 4.69) is 0 Å². The average molecular weight is 442 g/mol. The zero-order chi connectivity index (χ0) is 20.5. The fourth-order valence-electron chi connectivity index (χ4n) is 4.23. The second kappa shape index (κ2) is 8.61. The normalized spacial score (nSPS) is 20.1. The Morgan fingerprint density at radius 1 is 1.17 bits per heavy atom. The van der Waals surface area contributed by atoms with E-state index in [9.17, 15) is 10.1 Å². The summed E-state index contributed by atoms with van der Waals surface area (Å²) in [6.07, 6.45) is 6.06. The summed E-state index contributed by atoms with van der Waals surface area (Å²) in [6, 6.07) is 13.2. The second-order valence-electron chi connectivity index (χ2n) is 7.68. The molecule has 0 unspecified atom stereocenters. The number of hydrogen-bond acceptors (Lipinski definition) is 6. The third kappa shape index (κ3) is 3.84. The van der Waals surface area contributed by atoms with Gasteiger partial charge in [0.2, 0.25) is 0 Å². The van der Waals surface area contributed by atoms with Crippen LogP contribution in [0, 0.1) is 10.1 Å². The fraction of sp³-hybridized carbons (Fsp3) is 0.409. The Balaban J connectivity index is 1.71. The molecule has 2 aliphatic rings. The number of aromatic nitrogens is 2. The highest BCUT2D eigenvalue weighted by atomic mass is 32.2. The Bertz CT molecular complexity index is 1060. The Morgan fingerprint density at radius 2 is 1.97 bits per heavy atom. The summed E-state index contributed by atoms with van der Waals surface area (Å²) in [5, 5.41) is 18.2. The molecule has 0 bridgehead atoms. The van der Waals surface area contributed by atoms with Crippen LogP contribution in [-0.2, 0) is 4.74 Å². The van der Waals surface area contributed by atoms with Crippen LogP contribution in [0.25, 0.3) is 16.6 Å². The molecule has 8 heteroatoms. The minimum atomic E-state index is -0.298. The zero-order valence-corrected chi connectivity index (χ0v) is 18.2. The highest BCUT2D eigenvalue weighted by Crippen LogP contribution is 2.45. The van der Waals surface area contributed by atoms with Crippen molar-refractivity contribution in [3.8, 4) is 5.69 Å². The smallest absolute Gasteiger partial charge is 0.272 e. The van der Waals surface area contributed by atoms with Gasteiger partial charge >= 0.3 is 0 Å². The van der Waals surface area contributed by atoms with E-state index in [1.807, 2.05) is 35.0 Å². The van der Waals surface area contributed by atoms with Gasteiger partial charge in [-0.05, 0) is 25.0 Å². The van der Waals surface area contributed by atoms with Crippen molar-refractivity contribution in [2.45, 2.75) is 47.7 Å². The number of fused-ring (bicyclic) bond motifs is 1. The number of nitro benzene ring substituents is 1. The van der Waals surface area contributed by atoms with E-state index in [4.69, 9.17) is 9.84 Å². The fourth-order valence-corrected chi connectivity index (χ4v) is 6.60. The molecule has 1 aliphatic carbocycles. The quantitative estimate of drug-likeness (QED) is 0.351. The molecule has 5 rings (SSSR count). The monoisotopic (exact) mass is 441 g/mol. The first-order chi connectivity index (χ1) is 14.7. The summed E-state index contributed by atoms with van der Waals surface area (Å²) in [5.74, 6) is 0.933. The summed E-state index contributed by atoms with van der Waals surface area (Å²) in [5.41, 5.74) is 2.53. The third-order valence-corrected chi connectivity index (χ3v) is 8.11. The SMILES string of the molecule is O=[N+]([O-])c1cc(SC2CCCCC2)c2c([C@@H]3OCCS3)nn(-c3ccccc3)c2c1. The molecule has 0 amide bonds. The molecular weight excluding hydrogens is 418 g/mol. The van der Waals surface area contributed by atoms with Crippen molar-refractivity contribution in [3.05, 3.63) is 58.3 Å². The van der Waals surface area contributed by atoms with E-state index >= 15 is 0 Å². The lowest BCUT2D eigenvalue weighted by Crippen LogP contribution is -2.08. The molecule has 0 radical (unpaired) electrons. The lowest BCUT2D eigenvalue weighted by Gasteiger charge is -2.21. The number of rotatable bonds is 5. The maximum atomic E-state index is 11.7. The van der Waals surface area contributed by atoms with Crippen LogP contribution in [0.2, 0.25) is 0 Å². The van der Waals surface area contributed by atoms with Crippen LogP contribution in [0.1, 0.15) is 43.2 Å². The molecule has 1 aliphatic heterocycles. The molecule has 1 saturated heterocycles. The summed E-state index contributed by atoms with van der Waals surface area (Å²) in [6.45, 7) is 0.701. The van der Waals surface area contributed by atoms with Gasteiger partial charge in [-0.15, -0.1) is 23.5 Å². The Labute approximate surface area is 183 Å². The van der Waals surface area contributed by atoms with Crippen LogP contribution in [0.5, 0.6) is 0 Å². The predicted molar refractivity (Wildman–Crippen MR) is 122 cm³/mol. The number of benzene rings is 2. The summed E-state index contributed by atoms with van der Waals surface area (Å²) in [7, 11) is 0. The van der Waals surface area contributed by atoms with Crippen molar-refractivity contribution in [1.82, 2.24) is 9.78 Å². The number of nitro groups is 1. The summed E-state index contributed by atoms with van der Waals surface area (Å²) >= 11 is 3.53. The van der Waals surface area contributed by atoms with Gasteiger partial charge in [0.15, 0.2) is 0 Å². The van der Waals surface area contributed by atoms with E-state index in [1.54, 1.807) is 35.7 Å². The third-order valence-electron chi connectivity index (χ3n) is 5.66. The molecular formula is C22H23N3O3S2. The first kappa shape index (κ1) is 19.9. The van der Waals surface area contributed by atoms with E-state index in [0.29, 0.717) is 11.9 Å². The number of non-ortho nitro benzene ring substituents is 1. The molecule has 0 N–H and O–H groups in total. The van der Waals surface area contributed by atoms with Crippen molar-refractivity contribution < 1.29 is 9.66 Å². The molecule has 1 saturated carbocycles. The van der Waals surface area contributed by atoms with E-state index < -0.39 is 0 Å². The number of thioether (sulfide) groups is 2. The molecule has 30 heavy (non-hydrogen) atoms. The molecule has 2 aromatic carbocycles. The van der Waals surface area contributed by atoms with Gasteiger partial charge in [0.1, 0.15) is 11.1 Å². The second-order valence-corrected chi connectivity index (χ2v) is 10.2. The van der Waals surface area contributed by atoms with Gasteiger partial charge in [-0.3, -0.25) is 10.1 Å². The minimum Gasteiger partial charge on any atom is -0.360 e. The Kier molecular flexibility index (Phi) is 5.71. The van der Waals surface area contributed by atoms with Crippen LogP contribution < -0.4 is 0 Å². The van der Waals surface area contributed by atoms with Crippen LogP contribution in [0.4, 0.5) is 5.69 Å².